The Morgan fingerprint density at radius 3 is 2.72 bits per heavy atom. The molecule has 0 aliphatic heterocycles. The van der Waals surface area contributed by atoms with E-state index in [0.29, 0.717) is 24.2 Å². The molecule has 0 aliphatic carbocycles. The number of rotatable bonds is 8. The summed E-state index contributed by atoms with van der Waals surface area (Å²) in [5.41, 5.74) is 6.64. The summed E-state index contributed by atoms with van der Waals surface area (Å²) in [5.74, 6) is -0.468. The molecule has 0 saturated heterocycles. The minimum absolute atomic E-state index is 0. The monoisotopic (exact) mass is 407 g/mol. The number of hydrogen-bond acceptors (Lipinski definition) is 4. The Bertz CT molecular complexity index is 654. The molecule has 140 valence electrons. The Hall–Kier alpha value is -1.21. The highest BCUT2D eigenvalue weighted by Crippen LogP contribution is 2.17. The maximum Gasteiger partial charge on any atom is 0.271 e. The average molecular weight is 408 g/mol. The number of halogens is 3. The standard InChI is InChI=1S/C17H22FN3OS.2ClH/c1-2-3-7-13(10-19)20-17(22)15-11-23-16(21-15)9-12-6-4-5-8-14(12)18;;/h4-6,8,11,13H,2-3,7,9-10,19H2,1H3,(H,20,22);2*1H. The molecular formula is C17H24Cl2FN3OS. The van der Waals surface area contributed by atoms with Gasteiger partial charge < -0.3 is 11.1 Å². The number of nitrogens with zero attached hydrogens (tertiary/aromatic N) is 1. The van der Waals surface area contributed by atoms with Crippen LogP contribution < -0.4 is 11.1 Å². The maximum atomic E-state index is 13.7. The first-order chi connectivity index (χ1) is 11.1. The zero-order chi connectivity index (χ0) is 16.7. The van der Waals surface area contributed by atoms with E-state index in [9.17, 15) is 9.18 Å². The van der Waals surface area contributed by atoms with Crippen LogP contribution >= 0.6 is 36.2 Å². The van der Waals surface area contributed by atoms with Crippen molar-refractivity contribution in [2.45, 2.75) is 38.6 Å². The molecule has 0 spiro atoms. The molecule has 2 aromatic rings. The number of nitrogens with two attached hydrogens (primary N) is 1. The topological polar surface area (TPSA) is 68.0 Å². The smallest absolute Gasteiger partial charge is 0.271 e. The van der Waals surface area contributed by atoms with Crippen LogP contribution in [0, 0.1) is 5.82 Å². The number of hydrogen-bond donors (Lipinski definition) is 2. The van der Waals surface area contributed by atoms with Gasteiger partial charge in [-0.3, -0.25) is 4.79 Å². The number of nitrogens with one attached hydrogen (secondary N) is 1. The summed E-state index contributed by atoms with van der Waals surface area (Å²) in [6.07, 6.45) is 3.35. The molecule has 1 atom stereocenters. The van der Waals surface area contributed by atoms with Crippen molar-refractivity contribution in [2.24, 2.45) is 5.73 Å². The molecule has 0 fully saturated rings. The van der Waals surface area contributed by atoms with Gasteiger partial charge in [0.15, 0.2) is 0 Å². The van der Waals surface area contributed by atoms with E-state index in [0.717, 1.165) is 24.3 Å². The molecule has 3 N–H and O–H groups in total. The van der Waals surface area contributed by atoms with Gasteiger partial charge in [0.05, 0.1) is 5.01 Å². The lowest BCUT2D eigenvalue weighted by Crippen LogP contribution is -2.40. The van der Waals surface area contributed by atoms with Crippen molar-refractivity contribution < 1.29 is 9.18 Å². The first-order valence-corrected chi connectivity index (χ1v) is 8.70. The summed E-state index contributed by atoms with van der Waals surface area (Å²) in [5, 5.41) is 5.34. The summed E-state index contributed by atoms with van der Waals surface area (Å²) in [6, 6.07) is 6.57. The normalized spacial score (nSPS) is 11.2. The molecule has 2 rings (SSSR count). The van der Waals surface area contributed by atoms with Crippen molar-refractivity contribution in [3.63, 3.8) is 0 Å². The van der Waals surface area contributed by atoms with Crippen molar-refractivity contribution in [3.05, 3.63) is 51.7 Å². The zero-order valence-electron chi connectivity index (χ0n) is 14.0. The van der Waals surface area contributed by atoms with E-state index in [4.69, 9.17) is 5.73 Å². The molecule has 0 radical (unpaired) electrons. The van der Waals surface area contributed by atoms with Crippen molar-refractivity contribution in [2.75, 3.05) is 6.54 Å². The van der Waals surface area contributed by atoms with Gasteiger partial charge in [0.25, 0.3) is 5.91 Å². The quantitative estimate of drug-likeness (QED) is 0.695. The number of unbranched alkanes of at least 4 members (excludes halogenated alkanes) is 1. The molecule has 0 aliphatic rings. The molecule has 0 saturated carbocycles. The SMILES string of the molecule is CCCCC(CN)NC(=O)c1csc(Cc2ccccc2F)n1.Cl.Cl. The molecule has 1 aromatic carbocycles. The molecule has 1 heterocycles. The lowest BCUT2D eigenvalue weighted by Gasteiger charge is -2.15. The van der Waals surface area contributed by atoms with Gasteiger partial charge in [0, 0.05) is 24.4 Å². The van der Waals surface area contributed by atoms with Crippen molar-refractivity contribution in [3.8, 4) is 0 Å². The van der Waals surface area contributed by atoms with Gasteiger partial charge in [-0.25, -0.2) is 9.37 Å². The Morgan fingerprint density at radius 2 is 2.08 bits per heavy atom. The molecule has 25 heavy (non-hydrogen) atoms. The summed E-state index contributed by atoms with van der Waals surface area (Å²) < 4.78 is 13.7. The highest BCUT2D eigenvalue weighted by Gasteiger charge is 2.15. The van der Waals surface area contributed by atoms with Crippen LogP contribution in [-0.2, 0) is 6.42 Å². The van der Waals surface area contributed by atoms with Gasteiger partial charge in [-0.15, -0.1) is 36.2 Å². The van der Waals surface area contributed by atoms with E-state index < -0.39 is 0 Å². The number of carbonyl (C=O) groups excluding carboxylic acids is 1. The third-order valence-electron chi connectivity index (χ3n) is 3.61. The van der Waals surface area contributed by atoms with Crippen LogP contribution in [0.2, 0.25) is 0 Å². The van der Waals surface area contributed by atoms with Crippen LogP contribution in [0.15, 0.2) is 29.6 Å². The Morgan fingerprint density at radius 1 is 1.36 bits per heavy atom. The van der Waals surface area contributed by atoms with Crippen LogP contribution in [-0.4, -0.2) is 23.5 Å². The molecule has 1 unspecified atom stereocenters. The van der Waals surface area contributed by atoms with E-state index >= 15 is 0 Å². The Labute approximate surface area is 164 Å². The van der Waals surface area contributed by atoms with Crippen LogP contribution in [0.4, 0.5) is 4.39 Å². The summed E-state index contributed by atoms with van der Waals surface area (Å²) in [6.45, 7) is 2.52. The van der Waals surface area contributed by atoms with E-state index in [1.165, 1.54) is 17.4 Å². The van der Waals surface area contributed by atoms with E-state index in [1.807, 2.05) is 0 Å². The van der Waals surface area contributed by atoms with Gasteiger partial charge in [0.2, 0.25) is 0 Å². The Kier molecular flexibility index (Phi) is 11.6. The fourth-order valence-corrected chi connectivity index (χ4v) is 3.06. The maximum absolute atomic E-state index is 13.7. The minimum atomic E-state index is -0.253. The third kappa shape index (κ3) is 7.28. The number of thiazole rings is 1. The van der Waals surface area contributed by atoms with E-state index in [-0.39, 0.29) is 42.6 Å². The number of amides is 1. The fourth-order valence-electron chi connectivity index (χ4n) is 2.26. The predicted octanol–water partition coefficient (Wildman–Crippen LogP) is 3.96. The lowest BCUT2D eigenvalue weighted by molar-refractivity contribution is 0.0931. The molecule has 0 bridgehead atoms. The second-order valence-corrected chi connectivity index (χ2v) is 6.39. The molecular weight excluding hydrogens is 384 g/mol. The van der Waals surface area contributed by atoms with Gasteiger partial charge in [-0.1, -0.05) is 38.0 Å². The third-order valence-corrected chi connectivity index (χ3v) is 4.46. The molecule has 8 heteroatoms. The van der Waals surface area contributed by atoms with E-state index in [2.05, 4.69) is 17.2 Å². The first kappa shape index (κ1) is 23.8. The first-order valence-electron chi connectivity index (χ1n) is 7.82. The van der Waals surface area contributed by atoms with Crippen LogP contribution in [0.3, 0.4) is 0 Å². The summed E-state index contributed by atoms with van der Waals surface area (Å²) >= 11 is 1.36. The molecule has 1 amide bonds. The van der Waals surface area contributed by atoms with Gasteiger partial charge >= 0.3 is 0 Å². The van der Waals surface area contributed by atoms with Crippen molar-refractivity contribution >= 4 is 42.1 Å². The number of benzene rings is 1. The van der Waals surface area contributed by atoms with Crippen molar-refractivity contribution in [1.29, 1.82) is 0 Å². The van der Waals surface area contributed by atoms with Crippen LogP contribution in [0.5, 0.6) is 0 Å². The summed E-state index contributed by atoms with van der Waals surface area (Å²) in [4.78, 5) is 16.5. The van der Waals surface area contributed by atoms with Gasteiger partial charge in [-0.2, -0.15) is 0 Å². The average Bonchev–Trinajstić information content (AvgIpc) is 3.02. The zero-order valence-corrected chi connectivity index (χ0v) is 16.5. The largest absolute Gasteiger partial charge is 0.347 e. The minimum Gasteiger partial charge on any atom is -0.347 e. The number of aromatic nitrogens is 1. The second-order valence-electron chi connectivity index (χ2n) is 5.44. The molecule has 1 aromatic heterocycles. The molecule has 4 nitrogen and oxygen atoms in total. The van der Waals surface area contributed by atoms with E-state index in [1.54, 1.807) is 23.6 Å². The lowest BCUT2D eigenvalue weighted by atomic mass is 10.1. The van der Waals surface area contributed by atoms with Gasteiger partial charge in [0.1, 0.15) is 11.5 Å². The highest BCUT2D eigenvalue weighted by atomic mass is 35.5. The fraction of sp³-hybridized carbons (Fsp3) is 0.412. The van der Waals surface area contributed by atoms with Crippen molar-refractivity contribution in [1.82, 2.24) is 10.3 Å². The number of carbonyl (C=O) groups is 1. The van der Waals surface area contributed by atoms with Gasteiger partial charge in [-0.05, 0) is 18.1 Å². The Balaban J connectivity index is 0.00000288. The van der Waals surface area contributed by atoms with Crippen LogP contribution in [0.1, 0.15) is 47.2 Å². The van der Waals surface area contributed by atoms with Crippen LogP contribution in [0.25, 0.3) is 0 Å². The second kappa shape index (κ2) is 12.2. The summed E-state index contributed by atoms with van der Waals surface area (Å²) in [7, 11) is 0. The predicted molar refractivity (Wildman–Crippen MR) is 106 cm³/mol. The highest BCUT2D eigenvalue weighted by molar-refractivity contribution is 7.09.